The van der Waals surface area contributed by atoms with Crippen molar-refractivity contribution in [1.82, 2.24) is 10.2 Å². The van der Waals surface area contributed by atoms with Crippen molar-refractivity contribution < 1.29 is 23.9 Å². The molecular weight excluding hydrogens is 502 g/mol. The lowest BCUT2D eigenvalue weighted by Gasteiger charge is -2.43. The van der Waals surface area contributed by atoms with Gasteiger partial charge in [0.2, 0.25) is 5.91 Å². The van der Waals surface area contributed by atoms with Gasteiger partial charge in [-0.25, -0.2) is 4.79 Å². The Balaban J connectivity index is 2.01. The number of carbonyl (C=O) groups is 3. The molecule has 2 N–H and O–H groups in total. The molecule has 206 valence electrons. The first-order valence-electron chi connectivity index (χ1n) is 12.9. The molecule has 0 bridgehead atoms. The van der Waals surface area contributed by atoms with Gasteiger partial charge in [0.1, 0.15) is 23.4 Å². The highest BCUT2D eigenvalue weighted by Gasteiger charge is 2.42. The Bertz CT molecular complexity index is 1140. The molecule has 1 aliphatic rings. The average Bonchev–Trinajstić information content (AvgIpc) is 2.82. The first-order chi connectivity index (χ1) is 17.9. The first-order valence-corrected chi connectivity index (χ1v) is 13.5. The molecule has 2 aromatic carbocycles. The summed E-state index contributed by atoms with van der Waals surface area (Å²) in [5.41, 5.74) is 2.48. The molecule has 0 spiro atoms. The van der Waals surface area contributed by atoms with Crippen LogP contribution in [0.5, 0.6) is 5.75 Å². The number of thiol groups is 1. The summed E-state index contributed by atoms with van der Waals surface area (Å²) in [6.07, 6.45) is 1.80. The molecule has 0 aliphatic heterocycles. The van der Waals surface area contributed by atoms with E-state index in [4.69, 9.17) is 9.47 Å². The number of nitrogens with zero attached hydrogens (tertiary/aromatic N) is 1. The summed E-state index contributed by atoms with van der Waals surface area (Å²) in [5.74, 6) is 0.0248. The monoisotopic (exact) mass is 541 g/mol. The number of aryl methyl sites for hydroxylation is 2. The van der Waals surface area contributed by atoms with Crippen LogP contribution in [0.2, 0.25) is 0 Å². The minimum Gasteiger partial charge on any atom is -0.497 e. The van der Waals surface area contributed by atoms with Crippen molar-refractivity contribution in [2.24, 2.45) is 0 Å². The number of benzene rings is 2. The molecule has 2 unspecified atom stereocenters. The van der Waals surface area contributed by atoms with Gasteiger partial charge in [0, 0.05) is 17.5 Å². The van der Waals surface area contributed by atoms with E-state index >= 15 is 0 Å². The quantitative estimate of drug-likeness (QED) is 0.380. The normalized spacial score (nSPS) is 15.0. The summed E-state index contributed by atoms with van der Waals surface area (Å²) in [4.78, 5) is 42.2. The Hall–Kier alpha value is -3.20. The van der Waals surface area contributed by atoms with Crippen molar-refractivity contribution in [3.8, 4) is 5.75 Å². The molecular formula is C29H39N3O5S. The Labute approximate surface area is 230 Å². The molecule has 1 fully saturated rings. The third-order valence-electron chi connectivity index (χ3n) is 6.51. The lowest BCUT2D eigenvalue weighted by atomic mass is 9.87. The fraction of sp³-hybridized carbons (Fsp3) is 0.483. The van der Waals surface area contributed by atoms with Gasteiger partial charge in [-0.2, -0.15) is 12.6 Å². The van der Waals surface area contributed by atoms with E-state index in [-0.39, 0.29) is 23.6 Å². The summed E-state index contributed by atoms with van der Waals surface area (Å²) >= 11 is 4.36. The van der Waals surface area contributed by atoms with Gasteiger partial charge in [-0.05, 0) is 89.3 Å². The van der Waals surface area contributed by atoms with Crippen LogP contribution in [0.15, 0.2) is 42.5 Å². The molecule has 3 rings (SSSR count). The maximum atomic E-state index is 14.1. The second-order valence-corrected chi connectivity index (χ2v) is 11.1. The minimum atomic E-state index is -0.963. The van der Waals surface area contributed by atoms with Crippen molar-refractivity contribution in [1.29, 1.82) is 0 Å². The van der Waals surface area contributed by atoms with Crippen molar-refractivity contribution in [2.45, 2.75) is 77.6 Å². The number of nitrogens with one attached hydrogen (secondary N) is 2. The van der Waals surface area contributed by atoms with E-state index in [1.807, 2.05) is 32.0 Å². The Morgan fingerprint density at radius 1 is 1.08 bits per heavy atom. The molecule has 9 heteroatoms. The van der Waals surface area contributed by atoms with Gasteiger partial charge in [0.05, 0.1) is 7.11 Å². The topological polar surface area (TPSA) is 97.0 Å². The lowest BCUT2D eigenvalue weighted by molar-refractivity contribution is -0.145. The number of methoxy groups -OCH3 is 1. The molecule has 2 aromatic rings. The summed E-state index contributed by atoms with van der Waals surface area (Å²) in [6, 6.07) is 10.9. The van der Waals surface area contributed by atoms with Gasteiger partial charge in [0.15, 0.2) is 0 Å². The van der Waals surface area contributed by atoms with Crippen molar-refractivity contribution in [3.63, 3.8) is 0 Å². The molecule has 8 nitrogen and oxygen atoms in total. The van der Waals surface area contributed by atoms with Crippen LogP contribution in [-0.2, 0) is 14.3 Å². The van der Waals surface area contributed by atoms with E-state index in [0.29, 0.717) is 11.4 Å². The molecule has 0 heterocycles. The number of amides is 3. The fourth-order valence-corrected chi connectivity index (χ4v) is 4.60. The van der Waals surface area contributed by atoms with Gasteiger partial charge < -0.3 is 25.0 Å². The van der Waals surface area contributed by atoms with E-state index < -0.39 is 23.8 Å². The highest BCUT2D eigenvalue weighted by Crippen LogP contribution is 2.36. The molecule has 38 heavy (non-hydrogen) atoms. The predicted octanol–water partition coefficient (Wildman–Crippen LogP) is 5.20. The zero-order chi connectivity index (χ0) is 28.0. The number of carbonyl (C=O) groups excluding carboxylic acids is 3. The van der Waals surface area contributed by atoms with E-state index in [2.05, 4.69) is 23.3 Å². The molecule has 0 saturated heterocycles. The number of anilines is 1. The van der Waals surface area contributed by atoms with Gasteiger partial charge in [0.25, 0.3) is 5.91 Å². The minimum absolute atomic E-state index is 0.0565. The molecule has 1 saturated carbocycles. The van der Waals surface area contributed by atoms with Gasteiger partial charge in [-0.1, -0.05) is 23.8 Å². The van der Waals surface area contributed by atoms with E-state index in [0.717, 1.165) is 36.0 Å². The largest absolute Gasteiger partial charge is 0.497 e. The highest BCUT2D eigenvalue weighted by molar-refractivity contribution is 7.80. The molecule has 0 aromatic heterocycles. The second kappa shape index (κ2) is 12.6. The van der Waals surface area contributed by atoms with Crippen LogP contribution in [-0.4, -0.2) is 53.4 Å². The van der Waals surface area contributed by atoms with Crippen LogP contribution < -0.4 is 15.4 Å². The van der Waals surface area contributed by atoms with Crippen molar-refractivity contribution >= 4 is 36.2 Å². The summed E-state index contributed by atoms with van der Waals surface area (Å²) < 4.78 is 10.6. The van der Waals surface area contributed by atoms with Gasteiger partial charge >= 0.3 is 6.09 Å². The summed E-state index contributed by atoms with van der Waals surface area (Å²) in [6.45, 7) is 9.15. The fourth-order valence-electron chi connectivity index (χ4n) is 4.35. The van der Waals surface area contributed by atoms with Crippen LogP contribution >= 0.6 is 12.6 Å². The molecule has 0 radical (unpaired) electrons. The second-order valence-electron chi connectivity index (χ2n) is 10.7. The van der Waals surface area contributed by atoms with Crippen LogP contribution in [0.3, 0.4) is 0 Å². The smallest absolute Gasteiger partial charge is 0.408 e. The zero-order valence-corrected chi connectivity index (χ0v) is 23.9. The maximum absolute atomic E-state index is 14.1. The molecule has 1 aliphatic carbocycles. The van der Waals surface area contributed by atoms with Gasteiger partial charge in [-0.15, -0.1) is 0 Å². The Morgan fingerprint density at radius 3 is 2.26 bits per heavy atom. The number of ether oxygens (including phenoxy) is 2. The Kier molecular flexibility index (Phi) is 9.71. The third-order valence-corrected chi connectivity index (χ3v) is 6.87. The number of hydrogen-bond acceptors (Lipinski definition) is 6. The Morgan fingerprint density at radius 2 is 1.74 bits per heavy atom. The standard InChI is InChI=1S/C29H39N3O5S/c1-18-10-11-19(2)23(16-18)25(26(33)30-20-12-14-22(36-6)15-13-20)32(21-8-7-9-21)27(34)24(17-38)31-28(35)37-29(3,4)5/h10-16,21,24-25,38H,7-9,17H2,1-6H3,(H,30,33)(H,31,35). The van der Waals surface area contributed by atoms with Crippen LogP contribution in [0, 0.1) is 13.8 Å². The van der Waals surface area contributed by atoms with Gasteiger partial charge in [-0.3, -0.25) is 9.59 Å². The van der Waals surface area contributed by atoms with Crippen LogP contribution in [0.25, 0.3) is 0 Å². The van der Waals surface area contributed by atoms with E-state index in [1.165, 1.54) is 0 Å². The SMILES string of the molecule is COc1ccc(NC(=O)C(c2cc(C)ccc2C)N(C(=O)C(CS)NC(=O)OC(C)(C)C)C2CCC2)cc1. The van der Waals surface area contributed by atoms with Crippen molar-refractivity contribution in [2.75, 3.05) is 18.2 Å². The van der Waals surface area contributed by atoms with Crippen LogP contribution in [0.4, 0.5) is 10.5 Å². The first kappa shape index (κ1) is 29.4. The summed E-state index contributed by atoms with van der Waals surface area (Å²) in [7, 11) is 1.58. The summed E-state index contributed by atoms with van der Waals surface area (Å²) in [5, 5.41) is 5.65. The zero-order valence-electron chi connectivity index (χ0n) is 23.0. The number of hydrogen-bond donors (Lipinski definition) is 3. The molecule has 3 amide bonds. The maximum Gasteiger partial charge on any atom is 0.408 e. The van der Waals surface area contributed by atoms with Crippen LogP contribution in [0.1, 0.15) is 62.8 Å². The third kappa shape index (κ3) is 7.43. The van der Waals surface area contributed by atoms with Crippen molar-refractivity contribution in [3.05, 3.63) is 59.2 Å². The number of rotatable bonds is 9. The highest BCUT2D eigenvalue weighted by atomic mass is 32.1. The van der Waals surface area contributed by atoms with E-state index in [1.54, 1.807) is 57.0 Å². The average molecular weight is 542 g/mol. The lowest BCUT2D eigenvalue weighted by Crippen LogP contribution is -2.57. The predicted molar refractivity (Wildman–Crippen MR) is 152 cm³/mol. The molecule has 2 atom stereocenters. The van der Waals surface area contributed by atoms with E-state index in [9.17, 15) is 14.4 Å². The number of alkyl carbamates (subject to hydrolysis) is 1.